The molecule has 28 heavy (non-hydrogen) atoms. The van der Waals surface area contributed by atoms with Gasteiger partial charge in [-0.05, 0) is 36.5 Å². The molecule has 5 heteroatoms. The van der Waals surface area contributed by atoms with Crippen molar-refractivity contribution >= 4 is 5.78 Å². The zero-order chi connectivity index (χ0) is 19.1. The first kappa shape index (κ1) is 16.6. The van der Waals surface area contributed by atoms with Gasteiger partial charge in [0.2, 0.25) is 0 Å². The molecular weight excluding hydrogens is 354 g/mol. The van der Waals surface area contributed by atoms with Crippen molar-refractivity contribution in [2.45, 2.75) is 55.4 Å². The van der Waals surface area contributed by atoms with E-state index >= 15 is 0 Å². The van der Waals surface area contributed by atoms with Gasteiger partial charge in [-0.1, -0.05) is 36.4 Å². The molecule has 0 aromatic heterocycles. The summed E-state index contributed by atoms with van der Waals surface area (Å²) in [5, 5.41) is 22.5. The van der Waals surface area contributed by atoms with Gasteiger partial charge in [0.1, 0.15) is 0 Å². The van der Waals surface area contributed by atoms with E-state index in [2.05, 4.69) is 17.0 Å². The van der Waals surface area contributed by atoms with Crippen molar-refractivity contribution in [3.63, 3.8) is 0 Å². The second kappa shape index (κ2) is 5.37. The van der Waals surface area contributed by atoms with Crippen LogP contribution in [0.25, 0.3) is 0 Å². The number of phenolic OH excluding ortho intramolecular Hbond substituents is 1. The minimum Gasteiger partial charge on any atom is -0.504 e. The van der Waals surface area contributed by atoms with Crippen LogP contribution in [0.4, 0.5) is 0 Å². The van der Waals surface area contributed by atoms with E-state index in [1.807, 2.05) is 24.3 Å². The number of ketones is 1. The standard InChI is InChI=1S/C23H23NO4/c25-16-7-6-15-12-18-23(27)9-8-17(26)21-22(23,19(15)20(16)28-21)10-11-24(18)13-14-4-2-1-3-5-14/h1-7,18,21,25,27H,8-13H2/t18-,21+,22?,23-/m1/s1. The van der Waals surface area contributed by atoms with Crippen LogP contribution < -0.4 is 4.74 Å². The van der Waals surface area contributed by atoms with E-state index in [9.17, 15) is 15.0 Å². The van der Waals surface area contributed by atoms with Gasteiger partial charge in [0, 0.05) is 31.1 Å². The van der Waals surface area contributed by atoms with Crippen molar-refractivity contribution in [1.82, 2.24) is 4.90 Å². The lowest BCUT2D eigenvalue weighted by atomic mass is 9.49. The van der Waals surface area contributed by atoms with E-state index in [-0.39, 0.29) is 17.6 Å². The van der Waals surface area contributed by atoms with Gasteiger partial charge in [-0.3, -0.25) is 9.69 Å². The smallest absolute Gasteiger partial charge is 0.174 e. The Morgan fingerprint density at radius 2 is 1.96 bits per heavy atom. The first-order chi connectivity index (χ1) is 13.5. The summed E-state index contributed by atoms with van der Waals surface area (Å²) in [6.07, 6.45) is 1.46. The third-order valence-corrected chi connectivity index (χ3v) is 7.60. The second-order valence-corrected chi connectivity index (χ2v) is 8.73. The monoisotopic (exact) mass is 377 g/mol. The Kier molecular flexibility index (Phi) is 3.18. The molecule has 2 bridgehead atoms. The third-order valence-electron chi connectivity index (χ3n) is 7.60. The van der Waals surface area contributed by atoms with Crippen LogP contribution in [0.1, 0.15) is 36.0 Å². The number of benzene rings is 2. The lowest BCUT2D eigenvalue weighted by molar-refractivity contribution is -0.189. The number of hydrogen-bond donors (Lipinski definition) is 2. The van der Waals surface area contributed by atoms with Crippen molar-refractivity contribution < 1.29 is 19.7 Å². The molecule has 0 radical (unpaired) electrons. The molecule has 4 aliphatic rings. The van der Waals surface area contributed by atoms with Crippen LogP contribution in [0.2, 0.25) is 0 Å². The highest BCUT2D eigenvalue weighted by molar-refractivity contribution is 5.90. The average molecular weight is 377 g/mol. The van der Waals surface area contributed by atoms with Gasteiger partial charge in [0.25, 0.3) is 0 Å². The van der Waals surface area contributed by atoms with E-state index in [4.69, 9.17) is 4.74 Å². The number of phenols is 1. The average Bonchev–Trinajstić information content (AvgIpc) is 3.05. The maximum absolute atomic E-state index is 12.8. The number of likely N-dealkylation sites (tertiary alicyclic amines) is 1. The molecule has 2 aliphatic carbocycles. The topological polar surface area (TPSA) is 70.0 Å². The highest BCUT2D eigenvalue weighted by Gasteiger charge is 2.73. The quantitative estimate of drug-likeness (QED) is 0.841. The van der Waals surface area contributed by atoms with Crippen LogP contribution in [0.5, 0.6) is 11.5 Å². The molecule has 2 fully saturated rings. The molecule has 5 nitrogen and oxygen atoms in total. The van der Waals surface area contributed by atoms with Crippen LogP contribution in [0.15, 0.2) is 42.5 Å². The fourth-order valence-corrected chi connectivity index (χ4v) is 6.42. The summed E-state index contributed by atoms with van der Waals surface area (Å²) in [7, 11) is 0. The van der Waals surface area contributed by atoms with Crippen molar-refractivity contribution in [3.05, 3.63) is 59.2 Å². The molecule has 2 heterocycles. The maximum atomic E-state index is 12.8. The molecule has 6 rings (SSSR count). The summed E-state index contributed by atoms with van der Waals surface area (Å²) in [6, 6.07) is 13.9. The van der Waals surface area contributed by atoms with Crippen LogP contribution in [0.3, 0.4) is 0 Å². The molecule has 1 saturated carbocycles. The predicted molar refractivity (Wildman–Crippen MR) is 102 cm³/mol. The Labute approximate surface area is 163 Å². The number of hydrogen-bond acceptors (Lipinski definition) is 5. The Balaban J connectivity index is 1.51. The summed E-state index contributed by atoms with van der Waals surface area (Å²) in [4.78, 5) is 15.2. The number of aromatic hydroxyl groups is 1. The van der Waals surface area contributed by atoms with E-state index in [0.717, 1.165) is 24.2 Å². The highest BCUT2D eigenvalue weighted by atomic mass is 16.5. The third kappa shape index (κ3) is 1.82. The summed E-state index contributed by atoms with van der Waals surface area (Å²) in [5.41, 5.74) is 1.46. The van der Waals surface area contributed by atoms with Gasteiger partial charge in [0.15, 0.2) is 23.4 Å². The Bertz CT molecular complexity index is 990. The number of rotatable bonds is 2. The lowest BCUT2D eigenvalue weighted by Crippen LogP contribution is -2.76. The molecule has 144 valence electrons. The van der Waals surface area contributed by atoms with Crippen LogP contribution in [0, 0.1) is 0 Å². The van der Waals surface area contributed by atoms with Crippen molar-refractivity contribution in [1.29, 1.82) is 0 Å². The maximum Gasteiger partial charge on any atom is 0.174 e. The predicted octanol–water partition coefficient (Wildman–Crippen LogP) is 2.32. The molecule has 1 saturated heterocycles. The Morgan fingerprint density at radius 3 is 2.79 bits per heavy atom. The number of piperidine rings is 1. The van der Waals surface area contributed by atoms with Gasteiger partial charge in [-0.25, -0.2) is 0 Å². The lowest BCUT2D eigenvalue weighted by Gasteiger charge is -2.62. The van der Waals surface area contributed by atoms with Crippen molar-refractivity contribution in [3.8, 4) is 11.5 Å². The minimum absolute atomic E-state index is 0.0448. The largest absolute Gasteiger partial charge is 0.504 e. The van der Waals surface area contributed by atoms with Crippen LogP contribution in [-0.2, 0) is 23.2 Å². The summed E-state index contributed by atoms with van der Waals surface area (Å²) in [5.74, 6) is 0.539. The molecule has 2 N–H and O–H groups in total. The minimum atomic E-state index is -1.02. The normalized spacial score (nSPS) is 35.4. The number of Topliss-reactive ketones (excluding diaryl/α,β-unsaturated/α-hetero) is 1. The van der Waals surface area contributed by atoms with Gasteiger partial charge >= 0.3 is 0 Å². The van der Waals surface area contributed by atoms with Crippen molar-refractivity contribution in [2.24, 2.45) is 0 Å². The van der Waals surface area contributed by atoms with E-state index in [1.165, 1.54) is 5.56 Å². The van der Waals surface area contributed by atoms with E-state index < -0.39 is 17.1 Å². The fraction of sp³-hybridized carbons (Fsp3) is 0.435. The fourth-order valence-electron chi connectivity index (χ4n) is 6.42. The summed E-state index contributed by atoms with van der Waals surface area (Å²) >= 11 is 0. The van der Waals surface area contributed by atoms with E-state index in [0.29, 0.717) is 31.4 Å². The molecule has 1 unspecified atom stereocenters. The molecule has 2 aromatic rings. The van der Waals surface area contributed by atoms with Crippen LogP contribution in [-0.4, -0.2) is 45.2 Å². The van der Waals surface area contributed by atoms with Crippen molar-refractivity contribution in [2.75, 3.05) is 6.54 Å². The number of aliphatic hydroxyl groups is 1. The zero-order valence-corrected chi connectivity index (χ0v) is 15.6. The van der Waals surface area contributed by atoms with Gasteiger partial charge < -0.3 is 14.9 Å². The first-order valence-electron chi connectivity index (χ1n) is 10.1. The van der Waals surface area contributed by atoms with E-state index in [1.54, 1.807) is 6.07 Å². The molecular formula is C23H23NO4. The SMILES string of the molecule is O=C1CC[C@@]2(O)[C@H]3Cc4ccc(O)c5c4C2(CCN3Cc2ccccc2)[C@H]1O5. The second-order valence-electron chi connectivity index (χ2n) is 8.73. The Morgan fingerprint density at radius 1 is 1.14 bits per heavy atom. The molecule has 1 spiro atoms. The molecule has 0 amide bonds. The molecule has 4 atom stereocenters. The van der Waals surface area contributed by atoms with Gasteiger partial charge in [-0.15, -0.1) is 0 Å². The van der Waals surface area contributed by atoms with Gasteiger partial charge in [0.05, 0.1) is 11.0 Å². The highest BCUT2D eigenvalue weighted by Crippen LogP contribution is 2.64. The number of nitrogens with zero attached hydrogens (tertiary/aromatic N) is 1. The molecule has 2 aliphatic heterocycles. The zero-order valence-electron chi connectivity index (χ0n) is 15.6. The number of carbonyl (C=O) groups excluding carboxylic acids is 1. The summed E-state index contributed by atoms with van der Waals surface area (Å²) < 4.78 is 6.06. The van der Waals surface area contributed by atoms with Crippen LogP contribution >= 0.6 is 0 Å². The molecule has 2 aromatic carbocycles. The Hall–Kier alpha value is -2.37. The number of ether oxygens (including phenoxy) is 1. The van der Waals surface area contributed by atoms with Gasteiger partial charge in [-0.2, -0.15) is 0 Å². The summed E-state index contributed by atoms with van der Waals surface area (Å²) in [6.45, 7) is 1.58. The first-order valence-corrected chi connectivity index (χ1v) is 10.1. The number of carbonyl (C=O) groups is 1.